The van der Waals surface area contributed by atoms with Crippen LogP contribution in [-0.2, 0) is 19.6 Å². The van der Waals surface area contributed by atoms with Crippen molar-refractivity contribution in [2.24, 2.45) is 0 Å². The molecule has 0 atom stereocenters. The van der Waals surface area contributed by atoms with E-state index in [1.165, 1.54) is 0 Å². The average Bonchev–Trinajstić information content (AvgIpc) is 3.10. The van der Waals surface area contributed by atoms with Crippen LogP contribution in [0.25, 0.3) is 11.0 Å². The van der Waals surface area contributed by atoms with Crippen molar-refractivity contribution < 1.29 is 0 Å². The molecule has 3 aromatic rings. The number of benzene rings is 1. The number of aryl methyl sites for hydroxylation is 2. The molecule has 2 aromatic heterocycles. The highest BCUT2D eigenvalue weighted by atomic mass is 15.5. The van der Waals surface area contributed by atoms with Crippen LogP contribution in [0.2, 0.25) is 0 Å². The zero-order chi connectivity index (χ0) is 14.7. The highest BCUT2D eigenvalue weighted by Gasteiger charge is 2.05. The van der Waals surface area contributed by atoms with Gasteiger partial charge >= 0.3 is 0 Å². The first kappa shape index (κ1) is 13.7. The van der Waals surface area contributed by atoms with Crippen LogP contribution in [0.5, 0.6) is 0 Å². The van der Waals surface area contributed by atoms with Gasteiger partial charge < -0.3 is 5.32 Å². The van der Waals surface area contributed by atoms with E-state index in [9.17, 15) is 0 Å². The second-order valence-electron chi connectivity index (χ2n) is 5.31. The Morgan fingerprint density at radius 3 is 2.81 bits per heavy atom. The smallest absolute Gasteiger partial charge is 0.113 e. The molecule has 0 bridgehead atoms. The van der Waals surface area contributed by atoms with Crippen LogP contribution in [0.1, 0.15) is 19.5 Å². The van der Waals surface area contributed by atoms with Gasteiger partial charge in [-0.3, -0.25) is 4.68 Å². The third-order valence-corrected chi connectivity index (χ3v) is 3.24. The Hall–Kier alpha value is -2.28. The summed E-state index contributed by atoms with van der Waals surface area (Å²) in [6.45, 7) is 6.41. The monoisotopic (exact) mass is 285 g/mol. The van der Waals surface area contributed by atoms with Crippen molar-refractivity contribution in [3.8, 4) is 0 Å². The van der Waals surface area contributed by atoms with Gasteiger partial charge in [0, 0.05) is 18.8 Å². The summed E-state index contributed by atoms with van der Waals surface area (Å²) in [7, 11) is 0. The van der Waals surface area contributed by atoms with Crippen LogP contribution >= 0.6 is 0 Å². The lowest BCUT2D eigenvalue weighted by Crippen LogP contribution is -2.21. The molecular weight excluding hydrogens is 266 g/mol. The summed E-state index contributed by atoms with van der Waals surface area (Å²) >= 11 is 0. The fourth-order valence-electron chi connectivity index (χ4n) is 2.12. The Labute approximate surface area is 123 Å². The summed E-state index contributed by atoms with van der Waals surface area (Å²) in [4.78, 5) is 0. The molecule has 0 saturated carbocycles. The number of para-hydroxylation sites is 1. The quantitative estimate of drug-likeness (QED) is 0.737. The Kier molecular flexibility index (Phi) is 3.92. The third kappa shape index (κ3) is 3.25. The van der Waals surface area contributed by atoms with Gasteiger partial charge in [-0.05, 0) is 12.1 Å². The molecule has 7 heteroatoms. The summed E-state index contributed by atoms with van der Waals surface area (Å²) in [6, 6.07) is 8.38. The standard InChI is InChI=1S/C14H19N7/c1-11(2)15-9-12-10-20(18-16-12)7-8-21-14-6-4-3-5-13(14)17-19-21/h3-6,10-11,15H,7-9H2,1-2H3. The number of rotatable bonds is 6. The first-order valence-corrected chi connectivity index (χ1v) is 7.13. The second kappa shape index (κ2) is 6.01. The minimum Gasteiger partial charge on any atom is -0.309 e. The number of aromatic nitrogens is 6. The van der Waals surface area contributed by atoms with Crippen molar-refractivity contribution in [3.05, 3.63) is 36.2 Å². The van der Waals surface area contributed by atoms with Gasteiger partial charge in [-0.15, -0.1) is 10.2 Å². The molecule has 0 aliphatic rings. The number of hydrogen-bond acceptors (Lipinski definition) is 5. The molecule has 0 aliphatic carbocycles. The molecule has 21 heavy (non-hydrogen) atoms. The van der Waals surface area contributed by atoms with Crippen molar-refractivity contribution >= 4 is 11.0 Å². The fraction of sp³-hybridized carbons (Fsp3) is 0.429. The summed E-state index contributed by atoms with van der Waals surface area (Å²) in [5.41, 5.74) is 2.91. The normalized spacial score (nSPS) is 11.6. The molecule has 2 heterocycles. The molecule has 1 aromatic carbocycles. The van der Waals surface area contributed by atoms with Crippen LogP contribution in [0.4, 0.5) is 0 Å². The van der Waals surface area contributed by atoms with E-state index in [0.29, 0.717) is 6.04 Å². The minimum absolute atomic E-state index is 0.441. The number of nitrogens with zero attached hydrogens (tertiary/aromatic N) is 6. The molecule has 0 radical (unpaired) electrons. The van der Waals surface area contributed by atoms with Gasteiger partial charge in [-0.25, -0.2) is 4.68 Å². The Morgan fingerprint density at radius 1 is 1.10 bits per heavy atom. The van der Waals surface area contributed by atoms with Crippen molar-refractivity contribution in [1.82, 2.24) is 35.3 Å². The average molecular weight is 285 g/mol. The van der Waals surface area contributed by atoms with E-state index in [2.05, 4.69) is 39.8 Å². The third-order valence-electron chi connectivity index (χ3n) is 3.24. The molecule has 0 fully saturated rings. The summed E-state index contributed by atoms with van der Waals surface area (Å²) < 4.78 is 3.73. The SMILES string of the molecule is CC(C)NCc1cn(CCn2nnc3ccccc32)nn1. The Morgan fingerprint density at radius 2 is 1.95 bits per heavy atom. The lowest BCUT2D eigenvalue weighted by atomic mass is 10.3. The van der Waals surface area contributed by atoms with Crippen molar-refractivity contribution in [1.29, 1.82) is 0 Å². The minimum atomic E-state index is 0.441. The number of nitrogens with one attached hydrogen (secondary N) is 1. The van der Waals surface area contributed by atoms with E-state index < -0.39 is 0 Å². The van der Waals surface area contributed by atoms with Crippen molar-refractivity contribution in [3.63, 3.8) is 0 Å². The van der Waals surface area contributed by atoms with Crippen LogP contribution in [0.15, 0.2) is 30.5 Å². The van der Waals surface area contributed by atoms with Crippen molar-refractivity contribution in [2.75, 3.05) is 0 Å². The van der Waals surface area contributed by atoms with Crippen molar-refractivity contribution in [2.45, 2.75) is 39.5 Å². The highest BCUT2D eigenvalue weighted by Crippen LogP contribution is 2.09. The molecule has 110 valence electrons. The maximum absolute atomic E-state index is 4.17. The first-order chi connectivity index (χ1) is 10.2. The maximum atomic E-state index is 4.17. The van der Waals surface area contributed by atoms with Gasteiger partial charge in [0.1, 0.15) is 5.52 Å². The summed E-state index contributed by atoms with van der Waals surface area (Å²) in [5.74, 6) is 0. The van der Waals surface area contributed by atoms with Gasteiger partial charge in [0.2, 0.25) is 0 Å². The molecule has 7 nitrogen and oxygen atoms in total. The van der Waals surface area contributed by atoms with E-state index in [1.54, 1.807) is 0 Å². The fourth-order valence-corrected chi connectivity index (χ4v) is 2.12. The molecule has 0 saturated heterocycles. The van der Waals surface area contributed by atoms with E-state index in [-0.39, 0.29) is 0 Å². The lowest BCUT2D eigenvalue weighted by molar-refractivity contribution is 0.489. The molecule has 0 spiro atoms. The predicted molar refractivity (Wildman–Crippen MR) is 79.5 cm³/mol. The van der Waals surface area contributed by atoms with Crippen LogP contribution < -0.4 is 5.32 Å². The lowest BCUT2D eigenvalue weighted by Gasteiger charge is -2.04. The zero-order valence-electron chi connectivity index (χ0n) is 12.3. The predicted octanol–water partition coefficient (Wildman–Crippen LogP) is 1.22. The van der Waals surface area contributed by atoms with Crippen LogP contribution in [0.3, 0.4) is 0 Å². The number of hydrogen-bond donors (Lipinski definition) is 1. The number of fused-ring (bicyclic) bond motifs is 1. The van der Waals surface area contributed by atoms with E-state index in [1.807, 2.05) is 39.8 Å². The van der Waals surface area contributed by atoms with Crippen LogP contribution in [-0.4, -0.2) is 36.0 Å². The van der Waals surface area contributed by atoms with Gasteiger partial charge in [0.25, 0.3) is 0 Å². The second-order valence-corrected chi connectivity index (χ2v) is 5.31. The highest BCUT2D eigenvalue weighted by molar-refractivity contribution is 5.73. The molecular formula is C14H19N7. The zero-order valence-corrected chi connectivity index (χ0v) is 12.3. The van der Waals surface area contributed by atoms with Gasteiger partial charge in [-0.2, -0.15) is 0 Å². The van der Waals surface area contributed by atoms with Gasteiger partial charge in [0.15, 0.2) is 0 Å². The van der Waals surface area contributed by atoms with E-state index in [0.717, 1.165) is 36.4 Å². The maximum Gasteiger partial charge on any atom is 0.113 e. The molecule has 0 aliphatic heterocycles. The Bertz CT molecular complexity index is 713. The van der Waals surface area contributed by atoms with E-state index >= 15 is 0 Å². The van der Waals surface area contributed by atoms with Gasteiger partial charge in [-0.1, -0.05) is 36.4 Å². The molecule has 0 unspecified atom stereocenters. The summed E-state index contributed by atoms with van der Waals surface area (Å²) in [6.07, 6.45) is 1.97. The molecule has 3 rings (SSSR count). The topological polar surface area (TPSA) is 73.5 Å². The Balaban J connectivity index is 1.62. The van der Waals surface area contributed by atoms with E-state index in [4.69, 9.17) is 0 Å². The first-order valence-electron chi connectivity index (χ1n) is 7.13. The molecule has 1 N–H and O–H groups in total. The van der Waals surface area contributed by atoms with Crippen LogP contribution in [0, 0.1) is 0 Å². The molecule has 0 amide bonds. The summed E-state index contributed by atoms with van der Waals surface area (Å²) in [5, 5.41) is 19.9. The largest absolute Gasteiger partial charge is 0.309 e. The van der Waals surface area contributed by atoms with Gasteiger partial charge in [0.05, 0.1) is 24.3 Å².